The first-order valence-electron chi connectivity index (χ1n) is 9.53. The molecule has 1 atom stereocenters. The summed E-state index contributed by atoms with van der Waals surface area (Å²) >= 11 is 0. The number of rotatable bonds is 6. The molecular weight excluding hydrogens is 356 g/mol. The molecule has 8 nitrogen and oxygen atoms in total. The molecule has 0 bridgehead atoms. The number of aliphatic imine (C=N–C) groups is 1. The Labute approximate surface area is 166 Å². The van der Waals surface area contributed by atoms with Gasteiger partial charge >= 0.3 is 0 Å². The van der Waals surface area contributed by atoms with E-state index < -0.39 is 0 Å². The number of ether oxygens (including phenoxy) is 2. The molecule has 0 spiro atoms. The maximum Gasteiger partial charge on any atom is 0.191 e. The van der Waals surface area contributed by atoms with Gasteiger partial charge in [0.05, 0.1) is 20.8 Å². The lowest BCUT2D eigenvalue weighted by molar-refractivity contribution is 0.353. The van der Waals surface area contributed by atoms with E-state index in [9.17, 15) is 0 Å². The highest BCUT2D eigenvalue weighted by molar-refractivity contribution is 5.80. The van der Waals surface area contributed by atoms with Gasteiger partial charge < -0.3 is 20.1 Å². The second kappa shape index (κ2) is 8.50. The van der Waals surface area contributed by atoms with Gasteiger partial charge in [-0.15, -0.1) is 0 Å². The molecule has 1 aromatic heterocycles. The minimum atomic E-state index is -0.122. The van der Waals surface area contributed by atoms with Crippen molar-refractivity contribution in [1.29, 1.82) is 0 Å². The van der Waals surface area contributed by atoms with Crippen molar-refractivity contribution < 1.29 is 9.47 Å². The minimum Gasteiger partial charge on any atom is -0.493 e. The van der Waals surface area contributed by atoms with Crippen LogP contribution in [0.1, 0.15) is 31.7 Å². The van der Waals surface area contributed by atoms with E-state index in [0.717, 1.165) is 54.8 Å². The third kappa shape index (κ3) is 4.37. The first kappa shape index (κ1) is 20.0. The average Bonchev–Trinajstić information content (AvgIpc) is 3.18. The van der Waals surface area contributed by atoms with Crippen molar-refractivity contribution in [2.24, 2.45) is 4.99 Å². The summed E-state index contributed by atoms with van der Waals surface area (Å²) in [4.78, 5) is 8.67. The van der Waals surface area contributed by atoms with E-state index in [1.54, 1.807) is 27.6 Å². The maximum atomic E-state index is 5.45. The number of nitrogens with zero attached hydrogens (tertiary/aromatic N) is 4. The fourth-order valence-electron chi connectivity index (χ4n) is 3.41. The van der Waals surface area contributed by atoms with Crippen molar-refractivity contribution in [2.75, 3.05) is 27.8 Å². The molecule has 0 amide bonds. The fourth-order valence-corrected chi connectivity index (χ4v) is 3.41. The molecule has 1 aliphatic heterocycles. The van der Waals surface area contributed by atoms with Crippen LogP contribution in [-0.2, 0) is 18.4 Å². The van der Waals surface area contributed by atoms with E-state index >= 15 is 0 Å². The van der Waals surface area contributed by atoms with Crippen molar-refractivity contribution in [3.8, 4) is 11.5 Å². The zero-order chi connectivity index (χ0) is 20.1. The van der Waals surface area contributed by atoms with Crippen LogP contribution >= 0.6 is 0 Å². The Morgan fingerprint density at radius 2 is 2.07 bits per heavy atom. The van der Waals surface area contributed by atoms with Crippen LogP contribution in [0, 0.1) is 0 Å². The summed E-state index contributed by atoms with van der Waals surface area (Å²) < 4.78 is 12.7. The van der Waals surface area contributed by atoms with Gasteiger partial charge in [0, 0.05) is 31.5 Å². The summed E-state index contributed by atoms with van der Waals surface area (Å²) in [6, 6.07) is 6.34. The smallest absolute Gasteiger partial charge is 0.191 e. The molecule has 1 unspecified atom stereocenters. The highest BCUT2D eigenvalue weighted by atomic mass is 16.5. The topological polar surface area (TPSA) is 85.6 Å². The number of aryl methyl sites for hydroxylation is 1. The number of benzene rings is 1. The molecule has 28 heavy (non-hydrogen) atoms. The van der Waals surface area contributed by atoms with Crippen LogP contribution in [0.5, 0.6) is 11.5 Å². The van der Waals surface area contributed by atoms with Gasteiger partial charge in [0.1, 0.15) is 12.2 Å². The van der Waals surface area contributed by atoms with Crippen molar-refractivity contribution >= 4 is 5.96 Å². The lowest BCUT2D eigenvalue weighted by Crippen LogP contribution is -2.49. The summed E-state index contributed by atoms with van der Waals surface area (Å²) in [5.41, 5.74) is 1.04. The van der Waals surface area contributed by atoms with Crippen molar-refractivity contribution in [3.05, 3.63) is 35.9 Å². The number of hydrogen-bond donors (Lipinski definition) is 2. The molecule has 0 radical (unpaired) electrons. The van der Waals surface area contributed by atoms with Crippen LogP contribution in [0.2, 0.25) is 0 Å². The number of methoxy groups -OCH3 is 2. The standard InChI is InChI=1S/C20H30N6O2/c1-20(2,14-6-8-16(27-4)17(10-14)28-5)12-22-19(21-3)25-15-7-9-18-23-13-24-26(18)11-15/h6,8,10,13,15H,7,9,11-12H2,1-5H3,(H2,21,22,25). The van der Waals surface area contributed by atoms with E-state index in [1.807, 2.05) is 16.8 Å². The summed E-state index contributed by atoms with van der Waals surface area (Å²) in [5, 5.41) is 11.2. The van der Waals surface area contributed by atoms with E-state index in [2.05, 4.69) is 45.6 Å². The molecular formula is C20H30N6O2. The van der Waals surface area contributed by atoms with Gasteiger partial charge in [0.15, 0.2) is 17.5 Å². The van der Waals surface area contributed by atoms with E-state index in [1.165, 1.54) is 0 Å². The monoisotopic (exact) mass is 386 g/mol. The summed E-state index contributed by atoms with van der Waals surface area (Å²) in [6.45, 7) is 5.91. The minimum absolute atomic E-state index is 0.122. The SMILES string of the molecule is CN=C(NCC(C)(C)c1ccc(OC)c(OC)c1)NC1CCc2ncnn2C1. The Bertz CT molecular complexity index is 830. The molecule has 0 saturated heterocycles. The van der Waals surface area contributed by atoms with Gasteiger partial charge in [0.25, 0.3) is 0 Å². The predicted octanol–water partition coefficient (Wildman–Crippen LogP) is 1.75. The Kier molecular flexibility index (Phi) is 6.06. The molecule has 2 heterocycles. The Morgan fingerprint density at radius 1 is 1.29 bits per heavy atom. The van der Waals surface area contributed by atoms with Crippen LogP contribution in [0.3, 0.4) is 0 Å². The normalized spacial score (nSPS) is 17.0. The molecule has 0 saturated carbocycles. The fraction of sp³-hybridized carbons (Fsp3) is 0.550. The van der Waals surface area contributed by atoms with Crippen LogP contribution in [0.15, 0.2) is 29.5 Å². The van der Waals surface area contributed by atoms with Gasteiger partial charge in [-0.1, -0.05) is 19.9 Å². The molecule has 3 rings (SSSR count). The Hall–Kier alpha value is -2.77. The highest BCUT2D eigenvalue weighted by Gasteiger charge is 2.24. The second-order valence-electron chi connectivity index (χ2n) is 7.62. The van der Waals surface area contributed by atoms with Gasteiger partial charge in [-0.25, -0.2) is 9.67 Å². The van der Waals surface area contributed by atoms with Gasteiger partial charge in [-0.3, -0.25) is 4.99 Å². The van der Waals surface area contributed by atoms with Crippen LogP contribution < -0.4 is 20.1 Å². The Balaban J connectivity index is 1.61. The second-order valence-corrected chi connectivity index (χ2v) is 7.62. The van der Waals surface area contributed by atoms with Gasteiger partial charge in [0.2, 0.25) is 0 Å². The highest BCUT2D eigenvalue weighted by Crippen LogP contribution is 2.32. The zero-order valence-electron chi connectivity index (χ0n) is 17.3. The molecule has 1 aromatic carbocycles. The average molecular weight is 387 g/mol. The maximum absolute atomic E-state index is 5.45. The van der Waals surface area contributed by atoms with Crippen molar-refractivity contribution in [1.82, 2.24) is 25.4 Å². The first-order chi connectivity index (χ1) is 13.5. The molecule has 8 heteroatoms. The van der Waals surface area contributed by atoms with Crippen LogP contribution in [0.25, 0.3) is 0 Å². The number of nitrogens with one attached hydrogen (secondary N) is 2. The lowest BCUT2D eigenvalue weighted by Gasteiger charge is -2.29. The molecule has 152 valence electrons. The quantitative estimate of drug-likeness (QED) is 0.581. The van der Waals surface area contributed by atoms with E-state index in [4.69, 9.17) is 9.47 Å². The number of aromatic nitrogens is 3. The van der Waals surface area contributed by atoms with Gasteiger partial charge in [-0.2, -0.15) is 5.10 Å². The van der Waals surface area contributed by atoms with Crippen LogP contribution in [0.4, 0.5) is 0 Å². The van der Waals surface area contributed by atoms with Crippen molar-refractivity contribution in [3.63, 3.8) is 0 Å². The lowest BCUT2D eigenvalue weighted by atomic mass is 9.84. The first-order valence-corrected chi connectivity index (χ1v) is 9.53. The summed E-state index contributed by atoms with van der Waals surface area (Å²) in [6.07, 6.45) is 3.56. The third-order valence-electron chi connectivity index (χ3n) is 5.23. The largest absolute Gasteiger partial charge is 0.493 e. The van der Waals surface area contributed by atoms with Crippen LogP contribution in [-0.4, -0.2) is 54.6 Å². The summed E-state index contributed by atoms with van der Waals surface area (Å²) in [5.74, 6) is 3.32. The zero-order valence-corrected chi connectivity index (χ0v) is 17.3. The Morgan fingerprint density at radius 3 is 2.79 bits per heavy atom. The molecule has 2 N–H and O–H groups in total. The molecule has 0 fully saturated rings. The molecule has 1 aliphatic rings. The van der Waals surface area contributed by atoms with E-state index in [-0.39, 0.29) is 11.5 Å². The number of hydrogen-bond acceptors (Lipinski definition) is 5. The molecule has 2 aromatic rings. The number of guanidine groups is 1. The van der Waals surface area contributed by atoms with Crippen molar-refractivity contribution in [2.45, 2.75) is 44.7 Å². The van der Waals surface area contributed by atoms with Gasteiger partial charge in [-0.05, 0) is 24.1 Å². The predicted molar refractivity (Wildman–Crippen MR) is 109 cm³/mol. The third-order valence-corrected chi connectivity index (χ3v) is 5.23. The summed E-state index contributed by atoms with van der Waals surface area (Å²) in [7, 11) is 5.10. The number of fused-ring (bicyclic) bond motifs is 1. The molecule has 0 aliphatic carbocycles. The van der Waals surface area contributed by atoms with E-state index in [0.29, 0.717) is 0 Å².